The van der Waals surface area contributed by atoms with Crippen molar-refractivity contribution in [2.75, 3.05) is 47.1 Å². The van der Waals surface area contributed by atoms with Crippen LogP contribution in [0, 0.1) is 6.92 Å². The maximum atomic E-state index is 12.4. The number of nitrogens with one attached hydrogen (secondary N) is 2. The molecule has 6 nitrogen and oxygen atoms in total. The second-order valence-corrected chi connectivity index (χ2v) is 6.18. The number of halogens is 4. The van der Waals surface area contributed by atoms with Gasteiger partial charge >= 0.3 is 6.18 Å². The molecule has 0 aliphatic carbocycles. The monoisotopic (exact) mass is 533 g/mol. The van der Waals surface area contributed by atoms with Gasteiger partial charge in [-0.05, 0) is 31.4 Å². The van der Waals surface area contributed by atoms with E-state index in [4.69, 9.17) is 14.2 Å². The van der Waals surface area contributed by atoms with E-state index in [1.165, 1.54) is 0 Å². The Bertz CT molecular complexity index is 602. The fraction of sp³-hybridized carbons (Fsp3) is 0.632. The summed E-state index contributed by atoms with van der Waals surface area (Å²) in [6, 6.07) is 5.18. The molecule has 0 atom stereocenters. The molecule has 1 aromatic rings. The summed E-state index contributed by atoms with van der Waals surface area (Å²) < 4.78 is 52.6. The van der Waals surface area contributed by atoms with Crippen molar-refractivity contribution in [2.45, 2.75) is 32.5 Å². The number of aliphatic imine (C=N–C) groups is 1. The van der Waals surface area contributed by atoms with Crippen molar-refractivity contribution in [3.8, 4) is 5.75 Å². The van der Waals surface area contributed by atoms with Crippen LogP contribution in [0.15, 0.2) is 23.2 Å². The molecule has 10 heteroatoms. The lowest BCUT2D eigenvalue weighted by atomic mass is 10.1. The predicted molar refractivity (Wildman–Crippen MR) is 118 cm³/mol. The minimum absolute atomic E-state index is 0. The van der Waals surface area contributed by atoms with Crippen LogP contribution in [-0.2, 0) is 16.0 Å². The number of hydrogen-bond acceptors (Lipinski definition) is 4. The Morgan fingerprint density at radius 1 is 1.10 bits per heavy atom. The van der Waals surface area contributed by atoms with Crippen molar-refractivity contribution in [1.29, 1.82) is 0 Å². The van der Waals surface area contributed by atoms with Gasteiger partial charge in [0.1, 0.15) is 5.75 Å². The van der Waals surface area contributed by atoms with Crippen molar-refractivity contribution in [1.82, 2.24) is 10.6 Å². The summed E-state index contributed by atoms with van der Waals surface area (Å²) in [5.41, 5.74) is 1.46. The first-order valence-electron chi connectivity index (χ1n) is 9.16. The Labute approximate surface area is 187 Å². The highest BCUT2D eigenvalue weighted by atomic mass is 127. The number of aryl methyl sites for hydroxylation is 1. The topological polar surface area (TPSA) is 64.1 Å². The molecule has 29 heavy (non-hydrogen) atoms. The van der Waals surface area contributed by atoms with Crippen molar-refractivity contribution in [3.05, 3.63) is 29.3 Å². The van der Waals surface area contributed by atoms with Crippen molar-refractivity contribution in [3.63, 3.8) is 0 Å². The average Bonchev–Trinajstić information content (AvgIpc) is 2.65. The zero-order valence-electron chi connectivity index (χ0n) is 17.1. The number of unbranched alkanes of at least 4 members (excludes halogenated alkanes) is 1. The van der Waals surface area contributed by atoms with E-state index in [9.17, 15) is 13.2 Å². The standard InChI is InChI=1S/C19H30F3N3O3.HI/c1-15-6-7-16(17(12-15)28-14-19(20,21)22)13-25-18(23-2)24-8-4-5-9-27-11-10-26-3;/h6-7,12H,4-5,8-11,13-14H2,1-3H3,(H2,23,24,25);1H. The minimum atomic E-state index is -4.38. The van der Waals surface area contributed by atoms with E-state index >= 15 is 0 Å². The Hall–Kier alpha value is -1.27. The molecule has 0 saturated carbocycles. The molecule has 0 amide bonds. The van der Waals surface area contributed by atoms with Gasteiger partial charge in [-0.2, -0.15) is 13.2 Å². The van der Waals surface area contributed by atoms with Gasteiger partial charge < -0.3 is 24.8 Å². The summed E-state index contributed by atoms with van der Waals surface area (Å²) in [5.74, 6) is 0.788. The van der Waals surface area contributed by atoms with Gasteiger partial charge in [0.25, 0.3) is 0 Å². The second kappa shape index (κ2) is 15.6. The Kier molecular flexibility index (Phi) is 14.9. The van der Waals surface area contributed by atoms with E-state index in [1.807, 2.05) is 6.07 Å². The highest BCUT2D eigenvalue weighted by molar-refractivity contribution is 14.0. The number of methoxy groups -OCH3 is 1. The number of rotatable bonds is 12. The molecule has 0 aliphatic rings. The molecule has 1 aromatic carbocycles. The summed E-state index contributed by atoms with van der Waals surface area (Å²) in [6.45, 7) is 3.33. The molecule has 0 spiro atoms. The number of benzene rings is 1. The average molecular weight is 533 g/mol. The van der Waals surface area contributed by atoms with Gasteiger partial charge in [0.05, 0.1) is 13.2 Å². The number of ether oxygens (including phenoxy) is 3. The molecule has 0 unspecified atom stereocenters. The maximum Gasteiger partial charge on any atom is 0.422 e. The fourth-order valence-corrected chi connectivity index (χ4v) is 2.28. The normalized spacial score (nSPS) is 11.7. The summed E-state index contributed by atoms with van der Waals surface area (Å²) in [6.07, 6.45) is -2.57. The minimum Gasteiger partial charge on any atom is -0.484 e. The summed E-state index contributed by atoms with van der Waals surface area (Å²) in [5, 5.41) is 6.26. The van der Waals surface area contributed by atoms with E-state index < -0.39 is 12.8 Å². The fourth-order valence-electron chi connectivity index (χ4n) is 2.28. The third-order valence-electron chi connectivity index (χ3n) is 3.72. The molecule has 0 radical (unpaired) electrons. The first-order chi connectivity index (χ1) is 13.4. The molecule has 2 N–H and O–H groups in total. The van der Waals surface area contributed by atoms with E-state index in [0.29, 0.717) is 44.4 Å². The van der Waals surface area contributed by atoms with Crippen molar-refractivity contribution < 1.29 is 27.4 Å². The summed E-state index contributed by atoms with van der Waals surface area (Å²) in [4.78, 5) is 4.12. The van der Waals surface area contributed by atoms with Gasteiger partial charge in [-0.3, -0.25) is 4.99 Å². The van der Waals surface area contributed by atoms with Crippen LogP contribution in [0.3, 0.4) is 0 Å². The first-order valence-corrected chi connectivity index (χ1v) is 9.16. The number of hydrogen-bond donors (Lipinski definition) is 2. The predicted octanol–water partition coefficient (Wildman–Crippen LogP) is 3.66. The van der Waals surface area contributed by atoms with Crippen molar-refractivity contribution in [2.24, 2.45) is 4.99 Å². The van der Waals surface area contributed by atoms with Gasteiger partial charge in [-0.25, -0.2) is 0 Å². The third kappa shape index (κ3) is 13.6. The van der Waals surface area contributed by atoms with Crippen LogP contribution >= 0.6 is 24.0 Å². The summed E-state index contributed by atoms with van der Waals surface area (Å²) >= 11 is 0. The highest BCUT2D eigenvalue weighted by Gasteiger charge is 2.28. The van der Waals surface area contributed by atoms with Crippen LogP contribution in [0.4, 0.5) is 13.2 Å². The molecular formula is C19H31F3IN3O3. The first kappa shape index (κ1) is 27.7. The lowest BCUT2D eigenvalue weighted by Crippen LogP contribution is -2.37. The molecule has 0 saturated heterocycles. The smallest absolute Gasteiger partial charge is 0.422 e. The van der Waals surface area contributed by atoms with Gasteiger partial charge in [0.2, 0.25) is 0 Å². The van der Waals surface area contributed by atoms with Gasteiger partial charge in [0, 0.05) is 39.4 Å². The lowest BCUT2D eigenvalue weighted by molar-refractivity contribution is -0.153. The summed E-state index contributed by atoms with van der Waals surface area (Å²) in [7, 11) is 3.27. The molecule has 1 rings (SSSR count). The molecule has 0 aromatic heterocycles. The second-order valence-electron chi connectivity index (χ2n) is 6.18. The Balaban J connectivity index is 0.00000784. The van der Waals surface area contributed by atoms with E-state index in [2.05, 4.69) is 15.6 Å². The van der Waals surface area contributed by atoms with Crippen LogP contribution in [0.5, 0.6) is 5.75 Å². The Morgan fingerprint density at radius 3 is 2.52 bits per heavy atom. The van der Waals surface area contributed by atoms with Crippen LogP contribution in [0.25, 0.3) is 0 Å². The molecule has 168 valence electrons. The lowest BCUT2D eigenvalue weighted by Gasteiger charge is -2.16. The van der Waals surface area contributed by atoms with E-state index in [1.54, 1.807) is 33.2 Å². The highest BCUT2D eigenvalue weighted by Crippen LogP contribution is 2.23. The molecule has 0 bridgehead atoms. The quantitative estimate of drug-likeness (QED) is 0.186. The van der Waals surface area contributed by atoms with Gasteiger partial charge in [-0.1, -0.05) is 12.1 Å². The van der Waals surface area contributed by atoms with Crippen molar-refractivity contribution >= 4 is 29.9 Å². The van der Waals surface area contributed by atoms with Crippen LogP contribution in [0.1, 0.15) is 24.0 Å². The number of guanidine groups is 1. The van der Waals surface area contributed by atoms with E-state index in [0.717, 1.165) is 18.4 Å². The van der Waals surface area contributed by atoms with Crippen LogP contribution in [-0.4, -0.2) is 59.3 Å². The van der Waals surface area contributed by atoms with Crippen LogP contribution < -0.4 is 15.4 Å². The van der Waals surface area contributed by atoms with Gasteiger partial charge in [-0.15, -0.1) is 24.0 Å². The number of nitrogens with zero attached hydrogens (tertiary/aromatic N) is 1. The molecule has 0 heterocycles. The molecule has 0 fully saturated rings. The number of alkyl halides is 3. The zero-order chi connectivity index (χ0) is 20.8. The SMILES string of the molecule is CN=C(NCCCCOCCOC)NCc1ccc(C)cc1OCC(F)(F)F.I. The van der Waals surface area contributed by atoms with E-state index in [-0.39, 0.29) is 29.7 Å². The maximum absolute atomic E-state index is 12.4. The molecule has 0 aliphatic heterocycles. The van der Waals surface area contributed by atoms with Crippen LogP contribution in [0.2, 0.25) is 0 Å². The zero-order valence-corrected chi connectivity index (χ0v) is 19.4. The third-order valence-corrected chi connectivity index (χ3v) is 3.72. The Morgan fingerprint density at radius 2 is 1.86 bits per heavy atom. The molecular weight excluding hydrogens is 502 g/mol. The largest absolute Gasteiger partial charge is 0.484 e. The van der Waals surface area contributed by atoms with Gasteiger partial charge in [0.15, 0.2) is 12.6 Å².